The zero-order valence-electron chi connectivity index (χ0n) is 13.0. The molecule has 0 rings (SSSR count). The van der Waals surface area contributed by atoms with Crippen LogP contribution < -0.4 is 11.5 Å². The van der Waals surface area contributed by atoms with Crippen molar-refractivity contribution in [2.24, 2.45) is 11.5 Å². The van der Waals surface area contributed by atoms with Crippen molar-refractivity contribution in [1.29, 1.82) is 0 Å². The van der Waals surface area contributed by atoms with Crippen molar-refractivity contribution >= 4 is 12.2 Å². The highest BCUT2D eigenvalue weighted by Gasteiger charge is 1.96. The Kier molecular flexibility index (Phi) is 13.9. The number of primary amides is 2. The number of carbonyl (C=O) groups excluding carboxylic acids is 2. The third-order valence-corrected chi connectivity index (χ3v) is 3.28. The molecule has 0 aliphatic heterocycles. The quantitative estimate of drug-likeness (QED) is 0.479. The van der Waals surface area contributed by atoms with E-state index in [1.54, 1.807) is 0 Å². The summed E-state index contributed by atoms with van der Waals surface area (Å²) in [6, 6.07) is 0. The SMILES string of the molecule is NC(=O)OCCCCCCCCCCCCCOC(N)=O. The number of carbonyl (C=O) groups is 2. The van der Waals surface area contributed by atoms with Crippen LogP contribution in [0.1, 0.15) is 70.6 Å². The van der Waals surface area contributed by atoms with E-state index in [4.69, 9.17) is 11.5 Å². The van der Waals surface area contributed by atoms with Crippen molar-refractivity contribution < 1.29 is 19.1 Å². The molecule has 21 heavy (non-hydrogen) atoms. The molecule has 0 aromatic carbocycles. The summed E-state index contributed by atoms with van der Waals surface area (Å²) in [5, 5.41) is 0. The number of amides is 2. The number of nitrogens with two attached hydrogens (primary N) is 2. The molecular formula is C15H30N2O4. The summed E-state index contributed by atoms with van der Waals surface area (Å²) >= 11 is 0. The average Bonchev–Trinajstić information content (AvgIpc) is 2.42. The van der Waals surface area contributed by atoms with Crippen molar-refractivity contribution in [3.8, 4) is 0 Å². The molecule has 6 heteroatoms. The molecule has 0 saturated heterocycles. The molecule has 0 radical (unpaired) electrons. The van der Waals surface area contributed by atoms with Gasteiger partial charge in [-0.15, -0.1) is 0 Å². The monoisotopic (exact) mass is 302 g/mol. The van der Waals surface area contributed by atoms with Crippen LogP contribution in [0.4, 0.5) is 9.59 Å². The van der Waals surface area contributed by atoms with Crippen LogP contribution in [0.25, 0.3) is 0 Å². The highest BCUT2D eigenvalue weighted by Crippen LogP contribution is 2.11. The van der Waals surface area contributed by atoms with E-state index >= 15 is 0 Å². The second-order valence-corrected chi connectivity index (χ2v) is 5.22. The molecule has 0 atom stereocenters. The van der Waals surface area contributed by atoms with Gasteiger partial charge in [0.1, 0.15) is 0 Å². The third-order valence-electron chi connectivity index (χ3n) is 3.28. The summed E-state index contributed by atoms with van der Waals surface area (Å²) < 4.78 is 9.32. The maximum atomic E-state index is 10.3. The topological polar surface area (TPSA) is 105 Å². The Morgan fingerprint density at radius 3 is 1.00 bits per heavy atom. The molecule has 0 bridgehead atoms. The zero-order chi connectivity index (χ0) is 15.8. The Morgan fingerprint density at radius 2 is 0.762 bits per heavy atom. The fraction of sp³-hybridized carbons (Fsp3) is 0.867. The highest BCUT2D eigenvalue weighted by molar-refractivity contribution is 5.64. The summed E-state index contributed by atoms with van der Waals surface area (Å²) in [4.78, 5) is 20.6. The minimum Gasteiger partial charge on any atom is -0.450 e. The Balaban J connectivity index is 2.99. The molecule has 124 valence electrons. The Labute approximate surface area is 127 Å². The molecule has 0 aromatic heterocycles. The molecule has 0 aromatic rings. The predicted molar refractivity (Wildman–Crippen MR) is 81.9 cm³/mol. The van der Waals surface area contributed by atoms with Crippen molar-refractivity contribution in [3.05, 3.63) is 0 Å². The summed E-state index contributed by atoms with van der Waals surface area (Å²) in [5.41, 5.74) is 9.73. The van der Waals surface area contributed by atoms with Crippen LogP contribution in [0.5, 0.6) is 0 Å². The molecule has 0 aliphatic carbocycles. The van der Waals surface area contributed by atoms with Gasteiger partial charge in [-0.2, -0.15) is 0 Å². The molecule has 0 saturated carbocycles. The van der Waals surface area contributed by atoms with Gasteiger partial charge in [0.25, 0.3) is 0 Å². The van der Waals surface area contributed by atoms with E-state index in [9.17, 15) is 9.59 Å². The van der Waals surface area contributed by atoms with Gasteiger partial charge in [0, 0.05) is 0 Å². The summed E-state index contributed by atoms with van der Waals surface area (Å²) in [6.07, 6.45) is 11.3. The van der Waals surface area contributed by atoms with E-state index in [-0.39, 0.29) is 0 Å². The Morgan fingerprint density at radius 1 is 0.524 bits per heavy atom. The number of hydrogen-bond donors (Lipinski definition) is 2. The predicted octanol–water partition coefficient (Wildman–Crippen LogP) is 3.47. The van der Waals surface area contributed by atoms with Gasteiger partial charge in [0.2, 0.25) is 0 Å². The van der Waals surface area contributed by atoms with Crippen LogP contribution in [-0.2, 0) is 9.47 Å². The van der Waals surface area contributed by atoms with E-state index < -0.39 is 12.2 Å². The van der Waals surface area contributed by atoms with Crippen LogP contribution in [0.2, 0.25) is 0 Å². The third kappa shape index (κ3) is 18.5. The average molecular weight is 302 g/mol. The molecular weight excluding hydrogens is 272 g/mol. The highest BCUT2D eigenvalue weighted by atomic mass is 16.5. The summed E-state index contributed by atoms with van der Waals surface area (Å²) in [6.45, 7) is 0.879. The second-order valence-electron chi connectivity index (χ2n) is 5.22. The minimum atomic E-state index is -0.684. The van der Waals surface area contributed by atoms with Gasteiger partial charge < -0.3 is 20.9 Å². The van der Waals surface area contributed by atoms with E-state index in [1.807, 2.05) is 0 Å². The molecule has 2 amide bonds. The fourth-order valence-corrected chi connectivity index (χ4v) is 2.14. The van der Waals surface area contributed by atoms with Gasteiger partial charge in [-0.25, -0.2) is 9.59 Å². The van der Waals surface area contributed by atoms with Gasteiger partial charge in [-0.3, -0.25) is 0 Å². The van der Waals surface area contributed by atoms with Crippen LogP contribution in [0.15, 0.2) is 0 Å². The molecule has 0 heterocycles. The fourth-order valence-electron chi connectivity index (χ4n) is 2.14. The smallest absolute Gasteiger partial charge is 0.404 e. The molecule has 0 unspecified atom stereocenters. The van der Waals surface area contributed by atoms with E-state index in [1.165, 1.54) is 44.9 Å². The second kappa shape index (κ2) is 14.9. The molecule has 0 fully saturated rings. The number of rotatable bonds is 14. The summed E-state index contributed by atoms with van der Waals surface area (Å²) in [7, 11) is 0. The first-order chi connectivity index (χ1) is 10.1. The largest absolute Gasteiger partial charge is 0.450 e. The zero-order valence-corrected chi connectivity index (χ0v) is 13.0. The first-order valence-electron chi connectivity index (χ1n) is 7.97. The lowest BCUT2D eigenvalue weighted by atomic mass is 10.1. The first-order valence-corrected chi connectivity index (χ1v) is 7.97. The normalized spacial score (nSPS) is 10.3. The summed E-state index contributed by atoms with van der Waals surface area (Å²) in [5.74, 6) is 0. The van der Waals surface area contributed by atoms with Crippen molar-refractivity contribution in [1.82, 2.24) is 0 Å². The van der Waals surface area contributed by atoms with Crippen LogP contribution in [0, 0.1) is 0 Å². The molecule has 0 aliphatic rings. The lowest BCUT2D eigenvalue weighted by Crippen LogP contribution is -2.13. The Hall–Kier alpha value is -1.46. The maximum Gasteiger partial charge on any atom is 0.404 e. The maximum absolute atomic E-state index is 10.3. The number of unbranched alkanes of at least 4 members (excludes halogenated alkanes) is 10. The van der Waals surface area contributed by atoms with Crippen LogP contribution >= 0.6 is 0 Å². The van der Waals surface area contributed by atoms with Gasteiger partial charge >= 0.3 is 12.2 Å². The number of hydrogen-bond acceptors (Lipinski definition) is 4. The molecule has 6 nitrogen and oxygen atoms in total. The lowest BCUT2D eigenvalue weighted by Gasteiger charge is -2.03. The van der Waals surface area contributed by atoms with Crippen molar-refractivity contribution in [2.75, 3.05) is 13.2 Å². The van der Waals surface area contributed by atoms with Gasteiger partial charge in [0.05, 0.1) is 13.2 Å². The van der Waals surface area contributed by atoms with E-state index in [0.717, 1.165) is 25.7 Å². The van der Waals surface area contributed by atoms with Gasteiger partial charge in [-0.05, 0) is 12.8 Å². The Bertz CT molecular complexity index is 246. The molecule has 0 spiro atoms. The standard InChI is InChI=1S/C15H30N2O4/c16-14(18)20-12-10-8-6-4-2-1-3-5-7-9-11-13-21-15(17)19/h1-13H2,(H2,16,18)(H2,17,19). The lowest BCUT2D eigenvalue weighted by molar-refractivity contribution is 0.153. The van der Waals surface area contributed by atoms with E-state index in [0.29, 0.717) is 13.2 Å². The van der Waals surface area contributed by atoms with Crippen LogP contribution in [0.3, 0.4) is 0 Å². The van der Waals surface area contributed by atoms with E-state index in [2.05, 4.69) is 9.47 Å². The van der Waals surface area contributed by atoms with Gasteiger partial charge in [0.15, 0.2) is 0 Å². The number of ether oxygens (including phenoxy) is 2. The molecule has 4 N–H and O–H groups in total. The van der Waals surface area contributed by atoms with Crippen molar-refractivity contribution in [3.63, 3.8) is 0 Å². The van der Waals surface area contributed by atoms with Crippen LogP contribution in [-0.4, -0.2) is 25.4 Å². The minimum absolute atomic E-state index is 0.439. The first kappa shape index (κ1) is 19.5. The van der Waals surface area contributed by atoms with Crippen molar-refractivity contribution in [2.45, 2.75) is 70.6 Å². The van der Waals surface area contributed by atoms with Gasteiger partial charge in [-0.1, -0.05) is 57.8 Å².